The first-order valence-electron chi connectivity index (χ1n) is 15.0. The van der Waals surface area contributed by atoms with Gasteiger partial charge in [-0.25, -0.2) is 5.43 Å². The number of hydrazine groups is 1. The summed E-state index contributed by atoms with van der Waals surface area (Å²) in [6.45, 7) is 11.9. The lowest BCUT2D eigenvalue weighted by molar-refractivity contribution is -0.140. The Morgan fingerprint density at radius 2 is 1.25 bits per heavy atom. The van der Waals surface area contributed by atoms with Crippen molar-refractivity contribution in [1.29, 1.82) is 0 Å². The van der Waals surface area contributed by atoms with Crippen LogP contribution in [-0.2, 0) is 28.7 Å². The van der Waals surface area contributed by atoms with E-state index in [1.807, 2.05) is 32.6 Å². The molecule has 0 aromatic carbocycles. The van der Waals surface area contributed by atoms with E-state index < -0.39 is 23.9 Å². The smallest absolute Gasteiger partial charge is 0.322 e. The maximum atomic E-state index is 12.8. The van der Waals surface area contributed by atoms with Crippen LogP contribution < -0.4 is 21.9 Å². The molecule has 0 aliphatic carbocycles. The van der Waals surface area contributed by atoms with Gasteiger partial charge in [0.25, 0.3) is 0 Å². The van der Waals surface area contributed by atoms with E-state index in [4.69, 9.17) is 15.7 Å². The molecule has 2 atom stereocenters. The zero-order chi connectivity index (χ0) is 33.3. The monoisotopic (exact) mass is 631 g/mol. The Kier molecular flexibility index (Phi) is 17.3. The van der Waals surface area contributed by atoms with Gasteiger partial charge < -0.3 is 30.7 Å². The van der Waals surface area contributed by atoms with Crippen molar-refractivity contribution >= 4 is 29.7 Å². The molecule has 8 N–H and O–H groups in total. The van der Waals surface area contributed by atoms with Crippen LogP contribution in [0.5, 0.6) is 0 Å². The zero-order valence-electron chi connectivity index (χ0n) is 26.6. The molecule has 0 radical (unpaired) electrons. The number of carbonyl (C=O) groups excluding carboxylic acids is 2. The van der Waals surface area contributed by atoms with Crippen molar-refractivity contribution in [2.24, 2.45) is 16.7 Å². The molecule has 44 heavy (non-hydrogen) atoms. The molecule has 1 saturated heterocycles. The summed E-state index contributed by atoms with van der Waals surface area (Å²) >= 11 is 0. The molecule has 2 unspecified atom stereocenters. The van der Waals surface area contributed by atoms with Gasteiger partial charge in [-0.05, 0) is 12.8 Å². The van der Waals surface area contributed by atoms with E-state index in [0.29, 0.717) is 65.6 Å². The average Bonchev–Trinajstić information content (AvgIpc) is 3.02. The first-order chi connectivity index (χ1) is 20.6. The van der Waals surface area contributed by atoms with Crippen LogP contribution in [0, 0.1) is 10.8 Å². The van der Waals surface area contributed by atoms with Crippen LogP contribution >= 0.6 is 0 Å². The van der Waals surface area contributed by atoms with E-state index >= 15 is 0 Å². The highest BCUT2D eigenvalue weighted by Crippen LogP contribution is 2.23. The molecule has 1 aliphatic rings. The van der Waals surface area contributed by atoms with Gasteiger partial charge in [0, 0.05) is 69.6 Å². The number of carboxylic acid groups (broad SMARTS) is 3. The van der Waals surface area contributed by atoms with Gasteiger partial charge in [0.05, 0.1) is 32.8 Å². The molecule has 0 aromatic heterocycles. The highest BCUT2D eigenvalue weighted by Gasteiger charge is 2.27. The Labute approximate surface area is 259 Å². The fraction of sp³-hybridized carbons (Fsp3) is 0.821. The number of carbonyl (C=O) groups is 5. The number of nitrogens with two attached hydrogens (primary N) is 1. The third kappa shape index (κ3) is 16.8. The number of aliphatic carboxylic acids is 3. The SMILES string of the molecule is CCC(C)(CNC(=O)CCC(NN)C(=O)O)COCC(C)(C)CNC(=O)CN1CCN(CC(=O)O)CCN(CC(=O)O)CC1. The summed E-state index contributed by atoms with van der Waals surface area (Å²) < 4.78 is 6.02. The third-order valence-corrected chi connectivity index (χ3v) is 7.71. The van der Waals surface area contributed by atoms with Crippen molar-refractivity contribution in [1.82, 2.24) is 30.8 Å². The quantitative estimate of drug-likeness (QED) is 0.0597. The van der Waals surface area contributed by atoms with E-state index in [-0.39, 0.29) is 55.1 Å². The molecule has 254 valence electrons. The summed E-state index contributed by atoms with van der Waals surface area (Å²) in [5.41, 5.74) is 1.44. The number of nitrogens with one attached hydrogen (secondary N) is 3. The Balaban J connectivity index is 2.54. The van der Waals surface area contributed by atoms with Gasteiger partial charge in [0.2, 0.25) is 11.8 Å². The van der Waals surface area contributed by atoms with Crippen molar-refractivity contribution in [3.8, 4) is 0 Å². The van der Waals surface area contributed by atoms with E-state index in [1.54, 1.807) is 9.80 Å². The second-order valence-corrected chi connectivity index (χ2v) is 12.6. The second kappa shape index (κ2) is 19.5. The molecule has 1 rings (SSSR count). The highest BCUT2D eigenvalue weighted by molar-refractivity contribution is 5.78. The average molecular weight is 632 g/mol. The van der Waals surface area contributed by atoms with Crippen LogP contribution in [0.2, 0.25) is 0 Å². The molecule has 0 spiro atoms. The predicted octanol–water partition coefficient (Wildman–Crippen LogP) is -1.54. The van der Waals surface area contributed by atoms with Crippen LogP contribution in [-0.4, -0.2) is 151 Å². The Bertz CT molecular complexity index is 924. The van der Waals surface area contributed by atoms with Crippen molar-refractivity contribution < 1.29 is 44.0 Å². The highest BCUT2D eigenvalue weighted by atomic mass is 16.5. The summed E-state index contributed by atoms with van der Waals surface area (Å²) in [6.07, 6.45) is 0.824. The molecular formula is C28H53N7O9. The predicted molar refractivity (Wildman–Crippen MR) is 162 cm³/mol. The number of rotatable bonds is 20. The number of nitrogens with zero attached hydrogens (tertiary/aromatic N) is 3. The molecule has 2 amide bonds. The zero-order valence-corrected chi connectivity index (χ0v) is 26.6. The number of amides is 2. The van der Waals surface area contributed by atoms with E-state index in [1.165, 1.54) is 0 Å². The standard InChI is InChI=1S/C28H53N7O9/c1-5-28(4,18-31-22(36)7-6-21(32-29)26(42)43)20-44-19-27(2,3)17-30-23(37)14-33-8-10-34(15-24(38)39)12-13-35(11-9-33)16-25(40)41/h21,32H,5-20,29H2,1-4H3,(H,30,37)(H,31,36)(H,38,39)(H,40,41)(H,42,43). The third-order valence-electron chi connectivity index (χ3n) is 7.71. The van der Waals surface area contributed by atoms with Gasteiger partial charge >= 0.3 is 17.9 Å². The number of ether oxygens (including phenoxy) is 1. The Morgan fingerprint density at radius 1 is 0.773 bits per heavy atom. The molecule has 1 heterocycles. The van der Waals surface area contributed by atoms with Crippen LogP contribution in [0.3, 0.4) is 0 Å². The summed E-state index contributed by atoms with van der Waals surface area (Å²) in [5.74, 6) is 1.71. The number of hydrogen-bond donors (Lipinski definition) is 7. The lowest BCUT2D eigenvalue weighted by Gasteiger charge is -2.31. The maximum absolute atomic E-state index is 12.8. The van der Waals surface area contributed by atoms with Gasteiger partial charge in [0.15, 0.2) is 0 Å². The van der Waals surface area contributed by atoms with Crippen LogP contribution in [0.1, 0.15) is 47.0 Å². The van der Waals surface area contributed by atoms with Crippen molar-refractivity contribution in [3.63, 3.8) is 0 Å². The maximum Gasteiger partial charge on any atom is 0.322 e. The van der Waals surface area contributed by atoms with Crippen LogP contribution in [0.4, 0.5) is 0 Å². The normalized spacial score (nSPS) is 17.8. The van der Waals surface area contributed by atoms with Crippen molar-refractivity contribution in [2.45, 2.75) is 53.0 Å². The fourth-order valence-corrected chi connectivity index (χ4v) is 4.49. The molecule has 1 fully saturated rings. The topological polar surface area (TPSA) is 227 Å². The van der Waals surface area contributed by atoms with Crippen LogP contribution in [0.15, 0.2) is 0 Å². The first-order valence-corrected chi connectivity index (χ1v) is 15.0. The minimum atomic E-state index is -1.12. The first kappa shape index (κ1) is 39.1. The molecule has 1 aliphatic heterocycles. The minimum absolute atomic E-state index is 0.0210. The summed E-state index contributed by atoms with van der Waals surface area (Å²) in [5, 5.41) is 33.3. The molecule has 0 saturated carbocycles. The lowest BCUT2D eigenvalue weighted by Crippen LogP contribution is -2.46. The van der Waals surface area contributed by atoms with E-state index in [2.05, 4.69) is 16.1 Å². The molecular weight excluding hydrogens is 578 g/mol. The lowest BCUT2D eigenvalue weighted by atomic mass is 9.88. The number of carboxylic acids is 3. The second-order valence-electron chi connectivity index (χ2n) is 12.6. The van der Waals surface area contributed by atoms with Crippen LogP contribution in [0.25, 0.3) is 0 Å². The minimum Gasteiger partial charge on any atom is -0.480 e. The molecule has 16 nitrogen and oxygen atoms in total. The Hall–Kier alpha value is -2.89. The Morgan fingerprint density at radius 3 is 1.68 bits per heavy atom. The summed E-state index contributed by atoms with van der Waals surface area (Å²) in [6, 6.07) is -0.994. The molecule has 0 bridgehead atoms. The molecule has 0 aromatic rings. The van der Waals surface area contributed by atoms with Crippen molar-refractivity contribution in [3.05, 3.63) is 0 Å². The van der Waals surface area contributed by atoms with Gasteiger partial charge in [-0.2, -0.15) is 0 Å². The van der Waals surface area contributed by atoms with E-state index in [9.17, 15) is 34.2 Å². The van der Waals surface area contributed by atoms with Gasteiger partial charge in [-0.1, -0.05) is 27.7 Å². The number of hydrogen-bond acceptors (Lipinski definition) is 11. The van der Waals surface area contributed by atoms with E-state index in [0.717, 1.165) is 6.42 Å². The van der Waals surface area contributed by atoms with Gasteiger partial charge in [0.1, 0.15) is 6.04 Å². The van der Waals surface area contributed by atoms with Gasteiger partial charge in [-0.15, -0.1) is 0 Å². The fourth-order valence-electron chi connectivity index (χ4n) is 4.49. The van der Waals surface area contributed by atoms with Gasteiger partial charge in [-0.3, -0.25) is 44.5 Å². The largest absolute Gasteiger partial charge is 0.480 e. The summed E-state index contributed by atoms with van der Waals surface area (Å²) in [7, 11) is 0. The molecule has 16 heteroatoms. The summed E-state index contributed by atoms with van der Waals surface area (Å²) in [4.78, 5) is 64.0. The van der Waals surface area contributed by atoms with Crippen molar-refractivity contribution in [2.75, 3.05) is 85.2 Å².